The number of nitrogens with one attached hydrogen (secondary N) is 1. The highest BCUT2D eigenvalue weighted by Crippen LogP contribution is 2.27. The van der Waals surface area contributed by atoms with Gasteiger partial charge >= 0.3 is 6.09 Å². The fraction of sp³-hybridized carbons (Fsp3) is 0.562. The Labute approximate surface area is 125 Å². The fourth-order valence-corrected chi connectivity index (χ4v) is 2.45. The van der Waals surface area contributed by atoms with E-state index >= 15 is 0 Å². The van der Waals surface area contributed by atoms with E-state index in [4.69, 9.17) is 4.74 Å². The summed E-state index contributed by atoms with van der Waals surface area (Å²) in [6.07, 6.45) is -0.394. The number of carbonyl (C=O) groups excluding carboxylic acids is 1. The summed E-state index contributed by atoms with van der Waals surface area (Å²) in [6, 6.07) is 4.94. The monoisotopic (exact) mass is 294 g/mol. The second-order valence-electron chi connectivity index (χ2n) is 6.37. The zero-order chi connectivity index (χ0) is 15.6. The van der Waals surface area contributed by atoms with Crippen LogP contribution in [0, 0.1) is 12.7 Å². The van der Waals surface area contributed by atoms with Crippen molar-refractivity contribution in [2.24, 2.45) is 0 Å². The van der Waals surface area contributed by atoms with Gasteiger partial charge in [0.2, 0.25) is 0 Å². The Kier molecular flexibility index (Phi) is 4.52. The van der Waals surface area contributed by atoms with E-state index in [-0.39, 0.29) is 11.9 Å². The van der Waals surface area contributed by atoms with E-state index in [1.807, 2.05) is 26.8 Å². The first kappa shape index (κ1) is 15.8. The third-order valence-corrected chi connectivity index (χ3v) is 3.45. The Morgan fingerprint density at radius 1 is 1.43 bits per heavy atom. The number of ether oxygens (including phenoxy) is 1. The van der Waals surface area contributed by atoms with Crippen LogP contribution in [0.5, 0.6) is 0 Å². The van der Waals surface area contributed by atoms with Crippen molar-refractivity contribution in [3.8, 4) is 0 Å². The molecule has 2 rings (SSSR count). The molecule has 0 aliphatic carbocycles. The topological polar surface area (TPSA) is 41.6 Å². The molecule has 1 amide bonds. The molecule has 116 valence electrons. The van der Waals surface area contributed by atoms with E-state index in [1.54, 1.807) is 24.0 Å². The lowest BCUT2D eigenvalue weighted by Crippen LogP contribution is -2.50. The van der Waals surface area contributed by atoms with Gasteiger partial charge in [-0.25, -0.2) is 9.18 Å². The molecule has 0 saturated carbocycles. The summed E-state index contributed by atoms with van der Waals surface area (Å²) in [7, 11) is 0. The van der Waals surface area contributed by atoms with Crippen LogP contribution in [-0.2, 0) is 4.74 Å². The van der Waals surface area contributed by atoms with Gasteiger partial charge in [-0.15, -0.1) is 0 Å². The second-order valence-corrected chi connectivity index (χ2v) is 6.37. The number of hydrogen-bond donors (Lipinski definition) is 1. The van der Waals surface area contributed by atoms with Crippen molar-refractivity contribution in [2.75, 3.05) is 19.6 Å². The highest BCUT2D eigenvalue weighted by Gasteiger charge is 2.32. The zero-order valence-corrected chi connectivity index (χ0v) is 13.1. The van der Waals surface area contributed by atoms with Gasteiger partial charge < -0.3 is 10.1 Å². The standard InChI is InChI=1S/C16H23FN2O2/c1-11-6-5-7-12(14(11)17)13-10-18-8-9-19(13)15(20)21-16(2,3)4/h5-7,13,18H,8-10H2,1-4H3. The largest absolute Gasteiger partial charge is 0.444 e. The summed E-state index contributed by atoms with van der Waals surface area (Å²) < 4.78 is 19.8. The number of carbonyl (C=O) groups is 1. The summed E-state index contributed by atoms with van der Waals surface area (Å²) in [4.78, 5) is 14.0. The molecule has 21 heavy (non-hydrogen) atoms. The van der Waals surface area contributed by atoms with Crippen LogP contribution in [0.3, 0.4) is 0 Å². The van der Waals surface area contributed by atoms with Crippen LogP contribution in [0.25, 0.3) is 0 Å². The molecule has 1 aromatic rings. The molecule has 0 aromatic heterocycles. The minimum Gasteiger partial charge on any atom is -0.444 e. The molecule has 1 aromatic carbocycles. The third-order valence-electron chi connectivity index (χ3n) is 3.45. The fourth-order valence-electron chi connectivity index (χ4n) is 2.45. The number of halogens is 1. The van der Waals surface area contributed by atoms with Crippen LogP contribution in [0.1, 0.15) is 37.9 Å². The third kappa shape index (κ3) is 3.73. The van der Waals surface area contributed by atoms with E-state index in [0.29, 0.717) is 30.8 Å². The first-order valence-electron chi connectivity index (χ1n) is 7.25. The first-order chi connectivity index (χ1) is 9.79. The molecule has 1 N–H and O–H groups in total. The first-order valence-corrected chi connectivity index (χ1v) is 7.25. The number of aryl methyl sites for hydroxylation is 1. The lowest BCUT2D eigenvalue weighted by atomic mass is 10.0. The van der Waals surface area contributed by atoms with E-state index in [0.717, 1.165) is 0 Å². The van der Waals surface area contributed by atoms with Crippen molar-refractivity contribution in [1.82, 2.24) is 10.2 Å². The highest BCUT2D eigenvalue weighted by molar-refractivity contribution is 5.69. The van der Waals surface area contributed by atoms with Gasteiger partial charge in [-0.1, -0.05) is 18.2 Å². The van der Waals surface area contributed by atoms with Gasteiger partial charge in [-0.2, -0.15) is 0 Å². The van der Waals surface area contributed by atoms with Gasteiger partial charge in [0.05, 0.1) is 6.04 Å². The Bertz CT molecular complexity index is 525. The van der Waals surface area contributed by atoms with E-state index in [2.05, 4.69) is 5.32 Å². The zero-order valence-electron chi connectivity index (χ0n) is 13.1. The quantitative estimate of drug-likeness (QED) is 0.865. The minimum atomic E-state index is -0.558. The van der Waals surface area contributed by atoms with Gasteiger partial charge in [0.15, 0.2) is 0 Å². The van der Waals surface area contributed by atoms with Crippen molar-refractivity contribution >= 4 is 6.09 Å². The van der Waals surface area contributed by atoms with Crippen LogP contribution in [0.15, 0.2) is 18.2 Å². The molecule has 5 heteroatoms. The van der Waals surface area contributed by atoms with Crippen LogP contribution in [0.2, 0.25) is 0 Å². The van der Waals surface area contributed by atoms with E-state index in [9.17, 15) is 9.18 Å². The Balaban J connectivity index is 2.27. The van der Waals surface area contributed by atoms with E-state index < -0.39 is 11.7 Å². The number of amides is 1. The molecule has 1 fully saturated rings. The predicted molar refractivity (Wildman–Crippen MR) is 79.7 cm³/mol. The normalized spacial score (nSPS) is 19.5. The number of piperazine rings is 1. The molecule has 0 bridgehead atoms. The number of rotatable bonds is 1. The lowest BCUT2D eigenvalue weighted by Gasteiger charge is -2.37. The highest BCUT2D eigenvalue weighted by atomic mass is 19.1. The Morgan fingerprint density at radius 2 is 2.14 bits per heavy atom. The summed E-state index contributed by atoms with van der Waals surface area (Å²) in [5.41, 5.74) is 0.563. The molecule has 0 spiro atoms. The summed E-state index contributed by atoms with van der Waals surface area (Å²) in [6.45, 7) is 8.93. The summed E-state index contributed by atoms with van der Waals surface area (Å²) in [5, 5.41) is 3.21. The molecule has 0 radical (unpaired) electrons. The maximum Gasteiger partial charge on any atom is 0.410 e. The number of nitrogens with zero attached hydrogens (tertiary/aromatic N) is 1. The summed E-state index contributed by atoms with van der Waals surface area (Å²) in [5.74, 6) is -0.250. The molecule has 1 aliphatic heterocycles. The van der Waals surface area contributed by atoms with Crippen molar-refractivity contribution in [3.05, 3.63) is 35.1 Å². The SMILES string of the molecule is Cc1cccc(C2CNCCN2C(=O)OC(C)(C)C)c1F. The average molecular weight is 294 g/mol. The van der Waals surface area contributed by atoms with Crippen LogP contribution in [-0.4, -0.2) is 36.2 Å². The minimum absolute atomic E-state index is 0.250. The molecule has 1 saturated heterocycles. The molecule has 1 atom stereocenters. The van der Waals surface area contributed by atoms with Crippen molar-refractivity contribution in [2.45, 2.75) is 39.3 Å². The van der Waals surface area contributed by atoms with Crippen LogP contribution in [0.4, 0.5) is 9.18 Å². The lowest BCUT2D eigenvalue weighted by molar-refractivity contribution is 0.0114. The van der Waals surface area contributed by atoms with Crippen LogP contribution >= 0.6 is 0 Å². The average Bonchev–Trinajstić information content (AvgIpc) is 2.40. The maximum absolute atomic E-state index is 14.4. The van der Waals surface area contributed by atoms with E-state index in [1.165, 1.54) is 0 Å². The molecule has 1 unspecified atom stereocenters. The molecular weight excluding hydrogens is 271 g/mol. The van der Waals surface area contributed by atoms with Crippen molar-refractivity contribution in [3.63, 3.8) is 0 Å². The molecule has 1 heterocycles. The molecule has 1 aliphatic rings. The van der Waals surface area contributed by atoms with Crippen LogP contribution < -0.4 is 5.32 Å². The van der Waals surface area contributed by atoms with Gasteiger partial charge in [0.1, 0.15) is 11.4 Å². The Hall–Kier alpha value is -1.62. The van der Waals surface area contributed by atoms with Gasteiger partial charge in [-0.3, -0.25) is 4.90 Å². The number of hydrogen-bond acceptors (Lipinski definition) is 3. The molecular formula is C16H23FN2O2. The molecule has 4 nitrogen and oxygen atoms in total. The van der Waals surface area contributed by atoms with Gasteiger partial charge in [-0.05, 0) is 33.3 Å². The maximum atomic E-state index is 14.4. The van der Waals surface area contributed by atoms with Gasteiger partial charge in [0, 0.05) is 25.2 Å². The smallest absolute Gasteiger partial charge is 0.410 e. The second kappa shape index (κ2) is 6.02. The Morgan fingerprint density at radius 3 is 2.81 bits per heavy atom. The van der Waals surface area contributed by atoms with Gasteiger partial charge in [0.25, 0.3) is 0 Å². The van der Waals surface area contributed by atoms with Crippen molar-refractivity contribution < 1.29 is 13.9 Å². The number of benzene rings is 1. The summed E-state index contributed by atoms with van der Waals surface area (Å²) >= 11 is 0. The predicted octanol–water partition coefficient (Wildman–Crippen LogP) is 3.02. The van der Waals surface area contributed by atoms with Crippen molar-refractivity contribution in [1.29, 1.82) is 0 Å².